The molecule has 0 radical (unpaired) electrons. The largest absolute Gasteiger partial charge is 0.356 e. The summed E-state index contributed by atoms with van der Waals surface area (Å²) < 4.78 is 23.1. The van der Waals surface area contributed by atoms with Crippen LogP contribution < -0.4 is 0 Å². The molecule has 1 aliphatic carbocycles. The average Bonchev–Trinajstić information content (AvgIpc) is 3.36. The molecule has 1 atom stereocenters. The van der Waals surface area contributed by atoms with Crippen LogP contribution in [0.25, 0.3) is 34.2 Å². The molecule has 1 unspecified atom stereocenters. The minimum atomic E-state index is -0.443. The normalized spacial score (nSPS) is 18.3. The highest BCUT2D eigenvalue weighted by molar-refractivity contribution is 6.01. The van der Waals surface area contributed by atoms with Gasteiger partial charge in [-0.05, 0) is 95.2 Å². The van der Waals surface area contributed by atoms with E-state index in [0.29, 0.717) is 17.9 Å². The van der Waals surface area contributed by atoms with Gasteiger partial charge in [-0.15, -0.1) is 5.10 Å². The van der Waals surface area contributed by atoms with Crippen molar-refractivity contribution in [2.24, 2.45) is 5.92 Å². The third-order valence-electron chi connectivity index (χ3n) is 8.60. The highest BCUT2D eigenvalue weighted by Gasteiger charge is 2.28. The van der Waals surface area contributed by atoms with Crippen LogP contribution in [0.5, 0.6) is 0 Å². The van der Waals surface area contributed by atoms with Crippen molar-refractivity contribution in [2.45, 2.75) is 44.8 Å². The van der Waals surface area contributed by atoms with Gasteiger partial charge in [-0.1, -0.05) is 85.3 Å². The molecule has 2 aromatic heterocycles. The number of hydrogen-bond acceptors (Lipinski definition) is 3. The number of halogens is 1. The molecule has 2 aliphatic rings. The molecule has 7 rings (SSSR count). The predicted octanol–water partition coefficient (Wildman–Crippen LogP) is 9.20. The first-order chi connectivity index (χ1) is 20.7. The molecule has 0 amide bonds. The molecule has 5 heteroatoms. The lowest BCUT2D eigenvalue weighted by Crippen LogP contribution is -2.19. The summed E-state index contributed by atoms with van der Waals surface area (Å²) in [4.78, 5) is 4.20. The van der Waals surface area contributed by atoms with E-state index in [9.17, 15) is 0 Å². The summed E-state index contributed by atoms with van der Waals surface area (Å²) in [6.07, 6.45) is 14.1. The summed E-state index contributed by atoms with van der Waals surface area (Å²) in [5.74, 6) is 0.0209. The number of ether oxygens (including phenoxy) is 1. The van der Waals surface area contributed by atoms with E-state index in [2.05, 4.69) is 82.9 Å². The molecule has 3 aromatic carbocycles. The third-order valence-corrected chi connectivity index (χ3v) is 8.60. The van der Waals surface area contributed by atoms with Crippen molar-refractivity contribution < 1.29 is 9.13 Å². The fourth-order valence-corrected chi connectivity index (χ4v) is 6.20. The van der Waals surface area contributed by atoms with Gasteiger partial charge in [0.25, 0.3) is 0 Å². The van der Waals surface area contributed by atoms with E-state index >= 15 is 4.39 Å². The van der Waals surface area contributed by atoms with Gasteiger partial charge in [0, 0.05) is 19.0 Å². The topological polar surface area (TPSA) is 39.9 Å². The van der Waals surface area contributed by atoms with E-state index in [1.54, 1.807) is 10.9 Å². The molecule has 2 fully saturated rings. The Morgan fingerprint density at radius 3 is 2.31 bits per heavy atom. The fraction of sp³-hybridized carbons (Fsp3) is 0.243. The van der Waals surface area contributed by atoms with E-state index in [-0.39, 0.29) is 6.23 Å². The SMILES string of the molecule is Fc1nn(C2CCCCO2)c2ccc(/C(=C(/c3ccccc3)C3CCC3)c3ccc(/C=C/c4cccnc4)cc3)cc12. The second kappa shape index (κ2) is 11.9. The van der Waals surface area contributed by atoms with Crippen molar-refractivity contribution in [1.29, 1.82) is 0 Å². The maximum absolute atomic E-state index is 15.4. The number of aromatic nitrogens is 3. The molecule has 0 spiro atoms. The van der Waals surface area contributed by atoms with Crippen molar-refractivity contribution >= 4 is 34.2 Å². The molecular formula is C37H34FN3O. The van der Waals surface area contributed by atoms with Crippen molar-refractivity contribution in [2.75, 3.05) is 6.61 Å². The zero-order valence-electron chi connectivity index (χ0n) is 23.6. The van der Waals surface area contributed by atoms with Crippen molar-refractivity contribution in [1.82, 2.24) is 14.8 Å². The Kier molecular flexibility index (Phi) is 7.50. The van der Waals surface area contributed by atoms with E-state index < -0.39 is 5.95 Å². The van der Waals surface area contributed by atoms with Crippen LogP contribution >= 0.6 is 0 Å². The van der Waals surface area contributed by atoms with Crippen LogP contribution in [-0.2, 0) is 4.74 Å². The Bertz CT molecular complexity index is 1730. The van der Waals surface area contributed by atoms with Gasteiger partial charge in [-0.3, -0.25) is 4.98 Å². The van der Waals surface area contributed by atoms with E-state index in [1.807, 2.05) is 30.5 Å². The third kappa shape index (κ3) is 5.33. The van der Waals surface area contributed by atoms with Crippen LogP contribution in [-0.4, -0.2) is 21.4 Å². The molecule has 3 heterocycles. The monoisotopic (exact) mass is 555 g/mol. The smallest absolute Gasteiger partial charge is 0.240 e. The summed E-state index contributed by atoms with van der Waals surface area (Å²) in [6.45, 7) is 0.688. The standard InChI is InChI=1S/C37H34FN3O/c38-37-32-24-31(20-21-33(32)41(40-37)34-13-4-5-23-42-34)36(35(29-11-6-12-29)28-9-2-1-3-10-28)30-18-16-26(17-19-30)14-15-27-8-7-22-39-25-27/h1-3,7-10,14-22,24-25,29,34H,4-6,11-13,23H2/b15-14+,36-35-. The van der Waals surface area contributed by atoms with Gasteiger partial charge in [-0.2, -0.15) is 4.39 Å². The van der Waals surface area contributed by atoms with Gasteiger partial charge in [0.15, 0.2) is 6.23 Å². The fourth-order valence-electron chi connectivity index (χ4n) is 6.20. The molecule has 42 heavy (non-hydrogen) atoms. The number of pyridine rings is 1. The summed E-state index contributed by atoms with van der Waals surface area (Å²) in [5.41, 5.74) is 8.82. The number of allylic oxidation sites excluding steroid dienone is 1. The van der Waals surface area contributed by atoms with Gasteiger partial charge in [0.05, 0.1) is 10.9 Å². The first-order valence-corrected chi connectivity index (χ1v) is 15.0. The first-order valence-electron chi connectivity index (χ1n) is 15.0. The van der Waals surface area contributed by atoms with Crippen molar-refractivity contribution in [3.8, 4) is 0 Å². The van der Waals surface area contributed by atoms with Gasteiger partial charge in [0.1, 0.15) is 0 Å². The van der Waals surface area contributed by atoms with Gasteiger partial charge in [-0.25, -0.2) is 4.68 Å². The maximum atomic E-state index is 15.4. The van der Waals surface area contributed by atoms with Crippen LogP contribution in [0.1, 0.15) is 72.6 Å². The zero-order valence-corrected chi connectivity index (χ0v) is 23.6. The first kappa shape index (κ1) is 26.5. The molecule has 0 bridgehead atoms. The Hall–Kier alpha value is -4.35. The van der Waals surface area contributed by atoms with Crippen LogP contribution in [0.2, 0.25) is 0 Å². The molecule has 210 valence electrons. The highest BCUT2D eigenvalue weighted by Crippen LogP contribution is 2.45. The molecule has 0 N–H and O–H groups in total. The Morgan fingerprint density at radius 1 is 0.786 bits per heavy atom. The van der Waals surface area contributed by atoms with Gasteiger partial charge < -0.3 is 4.74 Å². The molecule has 1 saturated heterocycles. The minimum absolute atomic E-state index is 0.214. The van der Waals surface area contributed by atoms with Crippen molar-refractivity contribution in [3.05, 3.63) is 131 Å². The van der Waals surface area contributed by atoms with E-state index in [0.717, 1.165) is 65.4 Å². The number of benzene rings is 3. The molecule has 4 nitrogen and oxygen atoms in total. The minimum Gasteiger partial charge on any atom is -0.356 e. The Labute approximate surface area is 246 Å². The molecule has 1 saturated carbocycles. The Balaban J connectivity index is 1.35. The lowest BCUT2D eigenvalue weighted by Gasteiger charge is -2.31. The quantitative estimate of drug-likeness (QED) is 0.188. The summed E-state index contributed by atoms with van der Waals surface area (Å²) in [7, 11) is 0. The number of rotatable bonds is 7. The zero-order chi connectivity index (χ0) is 28.3. The number of hydrogen-bond donors (Lipinski definition) is 0. The average molecular weight is 556 g/mol. The summed E-state index contributed by atoms with van der Waals surface area (Å²) >= 11 is 0. The van der Waals surface area contributed by atoms with E-state index in [1.165, 1.54) is 17.6 Å². The lowest BCUT2D eigenvalue weighted by molar-refractivity contribution is -0.0375. The number of fused-ring (bicyclic) bond motifs is 1. The van der Waals surface area contributed by atoms with Crippen LogP contribution in [0.3, 0.4) is 0 Å². The lowest BCUT2D eigenvalue weighted by atomic mass is 9.73. The highest BCUT2D eigenvalue weighted by atomic mass is 19.1. The predicted molar refractivity (Wildman–Crippen MR) is 168 cm³/mol. The van der Waals surface area contributed by atoms with Crippen LogP contribution in [0, 0.1) is 11.9 Å². The second-order valence-corrected chi connectivity index (χ2v) is 11.3. The summed E-state index contributed by atoms with van der Waals surface area (Å²) in [5, 5.41) is 4.84. The summed E-state index contributed by atoms with van der Waals surface area (Å²) in [6, 6.07) is 29.5. The Morgan fingerprint density at radius 2 is 1.60 bits per heavy atom. The van der Waals surface area contributed by atoms with E-state index in [4.69, 9.17) is 4.74 Å². The van der Waals surface area contributed by atoms with Gasteiger partial charge >= 0.3 is 0 Å². The van der Waals surface area contributed by atoms with Crippen LogP contribution in [0.15, 0.2) is 97.3 Å². The van der Waals surface area contributed by atoms with Crippen molar-refractivity contribution in [3.63, 3.8) is 0 Å². The molecular weight excluding hydrogens is 521 g/mol. The molecule has 1 aliphatic heterocycles. The second-order valence-electron chi connectivity index (χ2n) is 11.3. The number of nitrogens with zero attached hydrogens (tertiary/aromatic N) is 3. The van der Waals surface area contributed by atoms with Gasteiger partial charge in [0.2, 0.25) is 5.95 Å². The van der Waals surface area contributed by atoms with Crippen LogP contribution in [0.4, 0.5) is 4.39 Å². The maximum Gasteiger partial charge on any atom is 0.240 e. The molecule has 5 aromatic rings.